The average Bonchev–Trinajstić information content (AvgIpc) is 2.64. The first-order valence-electron chi connectivity index (χ1n) is 8.73. The highest BCUT2D eigenvalue weighted by Gasteiger charge is 2.19. The summed E-state index contributed by atoms with van der Waals surface area (Å²) in [4.78, 5) is 13.1. The van der Waals surface area contributed by atoms with E-state index in [4.69, 9.17) is 5.11 Å². The van der Waals surface area contributed by atoms with Crippen molar-refractivity contribution in [2.24, 2.45) is 0 Å². The third-order valence-corrected chi connectivity index (χ3v) is 4.77. The zero-order chi connectivity index (χ0) is 18.5. The lowest BCUT2D eigenvalue weighted by Gasteiger charge is -2.32. The van der Waals surface area contributed by atoms with Crippen LogP contribution in [0.25, 0.3) is 0 Å². The number of aromatic carboxylic acids is 1. The summed E-state index contributed by atoms with van der Waals surface area (Å²) in [6.07, 6.45) is 1.97. The van der Waals surface area contributed by atoms with Crippen LogP contribution >= 0.6 is 0 Å². The zero-order valence-electron chi connectivity index (χ0n) is 14.4. The van der Waals surface area contributed by atoms with Gasteiger partial charge in [0, 0.05) is 19.1 Å². The van der Waals surface area contributed by atoms with Crippen LogP contribution < -0.4 is 5.32 Å². The van der Waals surface area contributed by atoms with Crippen molar-refractivity contribution in [3.8, 4) is 0 Å². The summed E-state index contributed by atoms with van der Waals surface area (Å²) in [6.45, 7) is 3.12. The average molecular weight is 360 g/mol. The summed E-state index contributed by atoms with van der Waals surface area (Å²) < 4.78 is 26.3. The Labute approximate surface area is 151 Å². The van der Waals surface area contributed by atoms with Gasteiger partial charge in [-0.2, -0.15) is 0 Å². The van der Waals surface area contributed by atoms with Crippen molar-refractivity contribution in [1.82, 2.24) is 10.2 Å². The summed E-state index contributed by atoms with van der Waals surface area (Å²) >= 11 is 0. The van der Waals surface area contributed by atoms with E-state index >= 15 is 0 Å². The van der Waals surface area contributed by atoms with Crippen molar-refractivity contribution in [2.45, 2.75) is 32.0 Å². The number of hydrogen-bond donors (Lipinski definition) is 2. The number of carboxylic acids is 1. The number of piperidine rings is 1. The second-order valence-electron chi connectivity index (χ2n) is 6.68. The first-order valence-corrected chi connectivity index (χ1v) is 8.73. The van der Waals surface area contributed by atoms with Crippen LogP contribution in [0, 0.1) is 11.6 Å². The Morgan fingerprint density at radius 3 is 2.31 bits per heavy atom. The van der Waals surface area contributed by atoms with Crippen LogP contribution in [0.15, 0.2) is 42.5 Å². The highest BCUT2D eigenvalue weighted by Crippen LogP contribution is 2.16. The maximum Gasteiger partial charge on any atom is 0.335 e. The molecule has 0 bridgehead atoms. The summed E-state index contributed by atoms with van der Waals surface area (Å²) in [5.41, 5.74) is 2.13. The lowest BCUT2D eigenvalue weighted by atomic mass is 10.0. The van der Waals surface area contributed by atoms with Crippen molar-refractivity contribution in [2.75, 3.05) is 13.1 Å². The minimum atomic E-state index is -0.919. The van der Waals surface area contributed by atoms with Crippen molar-refractivity contribution >= 4 is 5.97 Å². The summed E-state index contributed by atoms with van der Waals surface area (Å²) in [5.74, 6) is -2.53. The molecule has 1 aliphatic heterocycles. The van der Waals surface area contributed by atoms with E-state index in [-0.39, 0.29) is 0 Å². The fourth-order valence-corrected chi connectivity index (χ4v) is 3.22. The van der Waals surface area contributed by atoms with Gasteiger partial charge in [-0.15, -0.1) is 0 Å². The van der Waals surface area contributed by atoms with Gasteiger partial charge in [-0.25, -0.2) is 13.6 Å². The molecular formula is C20H22F2N2O2. The van der Waals surface area contributed by atoms with Crippen molar-refractivity contribution in [3.05, 3.63) is 70.8 Å². The molecular weight excluding hydrogens is 338 g/mol. The number of rotatable bonds is 6. The Bertz CT molecular complexity index is 757. The van der Waals surface area contributed by atoms with E-state index in [1.807, 2.05) is 12.1 Å². The Morgan fingerprint density at radius 1 is 1.04 bits per heavy atom. The fourth-order valence-electron chi connectivity index (χ4n) is 3.22. The van der Waals surface area contributed by atoms with Crippen LogP contribution in [-0.2, 0) is 13.1 Å². The van der Waals surface area contributed by atoms with Crippen LogP contribution in [0.5, 0.6) is 0 Å². The predicted octanol–water partition coefficient (Wildman–Crippen LogP) is 3.42. The summed E-state index contributed by atoms with van der Waals surface area (Å²) in [6, 6.07) is 11.4. The smallest absolute Gasteiger partial charge is 0.335 e. The van der Waals surface area contributed by atoms with E-state index in [1.54, 1.807) is 18.2 Å². The predicted molar refractivity (Wildman–Crippen MR) is 94.9 cm³/mol. The zero-order valence-corrected chi connectivity index (χ0v) is 14.4. The third kappa shape index (κ3) is 4.86. The molecule has 6 heteroatoms. The molecule has 138 valence electrons. The molecule has 0 atom stereocenters. The molecule has 0 aromatic heterocycles. The van der Waals surface area contributed by atoms with Gasteiger partial charge in [-0.05, 0) is 61.3 Å². The fraction of sp³-hybridized carbons (Fsp3) is 0.350. The first-order chi connectivity index (χ1) is 12.5. The molecule has 26 heavy (non-hydrogen) atoms. The molecule has 1 fully saturated rings. The molecule has 1 heterocycles. The molecule has 0 amide bonds. The van der Waals surface area contributed by atoms with Gasteiger partial charge in [-0.3, -0.25) is 4.90 Å². The highest BCUT2D eigenvalue weighted by molar-refractivity contribution is 5.87. The third-order valence-electron chi connectivity index (χ3n) is 4.77. The van der Waals surface area contributed by atoms with E-state index in [1.165, 1.54) is 12.1 Å². The molecule has 0 radical (unpaired) electrons. The number of carboxylic acid groups (broad SMARTS) is 1. The van der Waals surface area contributed by atoms with Crippen LogP contribution in [-0.4, -0.2) is 35.1 Å². The lowest BCUT2D eigenvalue weighted by Crippen LogP contribution is -2.41. The molecule has 3 rings (SSSR count). The normalized spacial score (nSPS) is 15.9. The standard InChI is InChI=1S/C20H22F2N2O2/c21-18-6-3-15(11-19(18)22)13-24-9-7-17(8-10-24)23-12-14-1-4-16(5-2-14)20(25)26/h1-6,11,17,23H,7-10,12-13H2,(H,25,26). The number of nitrogens with zero attached hydrogens (tertiary/aromatic N) is 1. The van der Waals surface area contributed by atoms with Crippen molar-refractivity contribution in [1.29, 1.82) is 0 Å². The molecule has 0 aliphatic carbocycles. The molecule has 4 nitrogen and oxygen atoms in total. The minimum Gasteiger partial charge on any atom is -0.478 e. The van der Waals surface area contributed by atoms with Crippen LogP contribution in [0.4, 0.5) is 8.78 Å². The monoisotopic (exact) mass is 360 g/mol. The number of likely N-dealkylation sites (tertiary alicyclic amines) is 1. The van der Waals surface area contributed by atoms with Crippen LogP contribution in [0.1, 0.15) is 34.3 Å². The first kappa shape index (κ1) is 18.5. The largest absolute Gasteiger partial charge is 0.478 e. The second-order valence-corrected chi connectivity index (χ2v) is 6.68. The SMILES string of the molecule is O=C(O)c1ccc(CNC2CCN(Cc3ccc(F)c(F)c3)CC2)cc1. The van der Waals surface area contributed by atoms with E-state index in [0.29, 0.717) is 24.7 Å². The molecule has 1 saturated heterocycles. The van der Waals surface area contributed by atoms with Gasteiger partial charge in [0.1, 0.15) is 0 Å². The summed E-state index contributed by atoms with van der Waals surface area (Å²) in [5, 5.41) is 12.4. The highest BCUT2D eigenvalue weighted by atomic mass is 19.2. The number of carbonyl (C=O) groups is 1. The van der Waals surface area contributed by atoms with Gasteiger partial charge in [0.25, 0.3) is 0 Å². The maximum absolute atomic E-state index is 13.3. The molecule has 0 spiro atoms. The molecule has 0 saturated carbocycles. The van der Waals surface area contributed by atoms with Gasteiger partial charge in [0.2, 0.25) is 0 Å². The minimum absolute atomic E-state index is 0.291. The van der Waals surface area contributed by atoms with E-state index in [0.717, 1.165) is 37.1 Å². The number of benzene rings is 2. The Morgan fingerprint density at radius 2 is 1.69 bits per heavy atom. The molecule has 2 aromatic carbocycles. The molecule has 2 aromatic rings. The number of halogens is 2. The summed E-state index contributed by atoms with van der Waals surface area (Å²) in [7, 11) is 0. The second kappa shape index (κ2) is 8.38. The Balaban J connectivity index is 1.43. The van der Waals surface area contributed by atoms with Gasteiger partial charge in [0.15, 0.2) is 11.6 Å². The van der Waals surface area contributed by atoms with Crippen molar-refractivity contribution < 1.29 is 18.7 Å². The van der Waals surface area contributed by atoms with E-state index < -0.39 is 17.6 Å². The van der Waals surface area contributed by atoms with Gasteiger partial charge in [0.05, 0.1) is 5.56 Å². The van der Waals surface area contributed by atoms with E-state index in [9.17, 15) is 13.6 Å². The lowest BCUT2D eigenvalue weighted by molar-refractivity contribution is 0.0697. The van der Waals surface area contributed by atoms with E-state index in [2.05, 4.69) is 10.2 Å². The maximum atomic E-state index is 13.3. The topological polar surface area (TPSA) is 52.6 Å². The number of hydrogen-bond acceptors (Lipinski definition) is 3. The van der Waals surface area contributed by atoms with Gasteiger partial charge in [-0.1, -0.05) is 18.2 Å². The number of nitrogens with one attached hydrogen (secondary N) is 1. The molecule has 0 unspecified atom stereocenters. The van der Waals surface area contributed by atoms with Gasteiger partial charge < -0.3 is 10.4 Å². The Kier molecular flexibility index (Phi) is 5.96. The van der Waals surface area contributed by atoms with Crippen LogP contribution in [0.3, 0.4) is 0 Å². The molecule has 2 N–H and O–H groups in total. The Hall–Kier alpha value is -2.31. The van der Waals surface area contributed by atoms with Crippen LogP contribution in [0.2, 0.25) is 0 Å². The van der Waals surface area contributed by atoms with Gasteiger partial charge >= 0.3 is 5.97 Å². The van der Waals surface area contributed by atoms with Crippen molar-refractivity contribution in [3.63, 3.8) is 0 Å². The quantitative estimate of drug-likeness (QED) is 0.829. The molecule has 1 aliphatic rings.